The highest BCUT2D eigenvalue weighted by Crippen LogP contribution is 2.29. The van der Waals surface area contributed by atoms with E-state index in [4.69, 9.17) is 14.2 Å². The molecule has 0 amide bonds. The summed E-state index contributed by atoms with van der Waals surface area (Å²) in [6.45, 7) is -0.00678. The minimum Gasteiger partial charge on any atom is -0.493 e. The van der Waals surface area contributed by atoms with Crippen molar-refractivity contribution in [3.05, 3.63) is 101 Å². The Kier molecular flexibility index (Phi) is 7.00. The van der Waals surface area contributed by atoms with Crippen LogP contribution in [0.4, 0.5) is 0 Å². The van der Waals surface area contributed by atoms with Crippen LogP contribution in [0, 0.1) is 0 Å². The van der Waals surface area contributed by atoms with Gasteiger partial charge in [0.2, 0.25) is 0 Å². The fourth-order valence-electron chi connectivity index (χ4n) is 2.93. The monoisotopic (exact) mass is 402 g/mol. The van der Waals surface area contributed by atoms with Gasteiger partial charge in [-0.2, -0.15) is 0 Å². The molecule has 5 heteroatoms. The molecule has 0 aromatic heterocycles. The Morgan fingerprint density at radius 2 is 1.53 bits per heavy atom. The third-order valence-corrected chi connectivity index (χ3v) is 4.49. The molecule has 0 spiro atoms. The van der Waals surface area contributed by atoms with Crippen molar-refractivity contribution in [1.82, 2.24) is 0 Å². The summed E-state index contributed by atoms with van der Waals surface area (Å²) in [4.78, 5) is 25.1. The third kappa shape index (κ3) is 5.14. The number of esters is 1. The first-order valence-corrected chi connectivity index (χ1v) is 9.37. The fourth-order valence-corrected chi connectivity index (χ4v) is 2.93. The number of hydrogen-bond acceptors (Lipinski definition) is 5. The molecule has 5 nitrogen and oxygen atoms in total. The van der Waals surface area contributed by atoms with Crippen LogP contribution in [0.2, 0.25) is 0 Å². The van der Waals surface area contributed by atoms with Crippen molar-refractivity contribution in [2.24, 2.45) is 0 Å². The first-order valence-electron chi connectivity index (χ1n) is 9.37. The van der Waals surface area contributed by atoms with Crippen molar-refractivity contribution in [3.63, 3.8) is 0 Å². The zero-order chi connectivity index (χ0) is 21.3. The average Bonchev–Trinajstić information content (AvgIpc) is 2.81. The van der Waals surface area contributed by atoms with Gasteiger partial charge in [0, 0.05) is 22.8 Å². The molecule has 3 aromatic rings. The Bertz CT molecular complexity index is 1050. The predicted molar refractivity (Wildman–Crippen MR) is 115 cm³/mol. The summed E-state index contributed by atoms with van der Waals surface area (Å²) in [7, 11) is 3.05. The van der Waals surface area contributed by atoms with Crippen LogP contribution in [0.1, 0.15) is 27.0 Å². The maximum atomic E-state index is 13.0. The third-order valence-electron chi connectivity index (χ3n) is 4.49. The molecule has 0 unspecified atom stereocenters. The normalized spacial score (nSPS) is 10.6. The molecule has 0 radical (unpaired) electrons. The Balaban J connectivity index is 1.73. The Hall–Kier alpha value is -3.86. The van der Waals surface area contributed by atoms with E-state index in [-0.39, 0.29) is 12.4 Å². The molecule has 3 rings (SSSR count). The van der Waals surface area contributed by atoms with Gasteiger partial charge in [0.05, 0.1) is 14.2 Å². The molecule has 0 atom stereocenters. The lowest BCUT2D eigenvalue weighted by Crippen LogP contribution is -2.09. The highest BCUT2D eigenvalue weighted by atomic mass is 16.5. The van der Waals surface area contributed by atoms with Gasteiger partial charge in [-0.1, -0.05) is 54.6 Å². The first-order chi connectivity index (χ1) is 14.6. The van der Waals surface area contributed by atoms with E-state index < -0.39 is 5.97 Å². The second-order valence-electron chi connectivity index (χ2n) is 6.41. The predicted octanol–water partition coefficient (Wildman–Crippen LogP) is 4.69. The van der Waals surface area contributed by atoms with Crippen LogP contribution in [0.3, 0.4) is 0 Å². The van der Waals surface area contributed by atoms with Crippen LogP contribution in [0.15, 0.2) is 78.9 Å². The number of hydrogen-bond donors (Lipinski definition) is 0. The number of methoxy groups -OCH3 is 2. The van der Waals surface area contributed by atoms with E-state index in [0.717, 1.165) is 5.56 Å². The number of rotatable bonds is 8. The zero-order valence-electron chi connectivity index (χ0n) is 16.8. The van der Waals surface area contributed by atoms with Crippen molar-refractivity contribution >= 4 is 17.8 Å². The molecule has 0 N–H and O–H groups in total. The lowest BCUT2D eigenvalue weighted by Gasteiger charge is -2.11. The summed E-state index contributed by atoms with van der Waals surface area (Å²) < 4.78 is 15.8. The van der Waals surface area contributed by atoms with E-state index in [1.807, 2.05) is 30.3 Å². The van der Waals surface area contributed by atoms with E-state index in [1.54, 1.807) is 48.5 Å². The van der Waals surface area contributed by atoms with Gasteiger partial charge >= 0.3 is 5.97 Å². The molecule has 0 saturated heterocycles. The molecular weight excluding hydrogens is 380 g/mol. The molecular formula is C25H22O5. The van der Waals surface area contributed by atoms with Crippen molar-refractivity contribution in [1.29, 1.82) is 0 Å². The van der Waals surface area contributed by atoms with Crippen molar-refractivity contribution in [2.45, 2.75) is 6.61 Å². The number of benzene rings is 3. The highest BCUT2D eigenvalue weighted by Gasteiger charge is 2.16. The summed E-state index contributed by atoms with van der Waals surface area (Å²) >= 11 is 0. The van der Waals surface area contributed by atoms with Gasteiger partial charge in [0.25, 0.3) is 0 Å². The number of carbonyl (C=O) groups excluding carboxylic acids is 2. The van der Waals surface area contributed by atoms with E-state index >= 15 is 0 Å². The second kappa shape index (κ2) is 10.1. The molecule has 0 heterocycles. The Morgan fingerprint density at radius 3 is 2.27 bits per heavy atom. The summed E-state index contributed by atoms with van der Waals surface area (Å²) in [6, 6.07) is 21.5. The van der Waals surface area contributed by atoms with Gasteiger partial charge in [-0.15, -0.1) is 0 Å². The standard InChI is InChI=1S/C25H22O5/c1-28-22-14-13-19(16-23(22)29-2)25(27)21-11-7-6-10-20(21)17-30-24(26)15-12-18-8-4-3-5-9-18/h3-16H,17H2,1-2H3/b15-12+. The van der Waals surface area contributed by atoms with E-state index in [1.165, 1.54) is 20.3 Å². The molecule has 0 aliphatic heterocycles. The molecule has 0 fully saturated rings. The number of ketones is 1. The molecule has 3 aromatic carbocycles. The summed E-state index contributed by atoms with van der Waals surface area (Å²) in [6.07, 6.45) is 3.05. The van der Waals surface area contributed by atoms with Crippen LogP contribution < -0.4 is 9.47 Å². The topological polar surface area (TPSA) is 61.8 Å². The summed E-state index contributed by atoms with van der Waals surface area (Å²) in [5.41, 5.74) is 2.44. The maximum Gasteiger partial charge on any atom is 0.331 e. The SMILES string of the molecule is COc1ccc(C(=O)c2ccccc2COC(=O)/C=C/c2ccccc2)cc1OC. The van der Waals surface area contributed by atoms with Crippen molar-refractivity contribution < 1.29 is 23.8 Å². The maximum absolute atomic E-state index is 13.0. The summed E-state index contributed by atoms with van der Waals surface area (Å²) in [5, 5.41) is 0. The smallest absolute Gasteiger partial charge is 0.331 e. The Labute approximate surface area is 175 Å². The number of ether oxygens (including phenoxy) is 3. The minimum atomic E-state index is -0.479. The molecule has 0 bridgehead atoms. The minimum absolute atomic E-state index is 0.00678. The van der Waals surface area contributed by atoms with Crippen molar-refractivity contribution in [2.75, 3.05) is 14.2 Å². The lowest BCUT2D eigenvalue weighted by atomic mass is 9.98. The summed E-state index contributed by atoms with van der Waals surface area (Å²) in [5.74, 6) is 0.342. The van der Waals surface area contributed by atoms with Gasteiger partial charge in [-0.25, -0.2) is 4.79 Å². The van der Waals surface area contributed by atoms with Gasteiger partial charge in [-0.3, -0.25) is 4.79 Å². The van der Waals surface area contributed by atoms with Crippen LogP contribution in [0.25, 0.3) is 6.08 Å². The van der Waals surface area contributed by atoms with Crippen LogP contribution in [-0.2, 0) is 16.1 Å². The second-order valence-corrected chi connectivity index (χ2v) is 6.41. The average molecular weight is 402 g/mol. The Morgan fingerprint density at radius 1 is 0.833 bits per heavy atom. The van der Waals surface area contributed by atoms with Crippen molar-refractivity contribution in [3.8, 4) is 11.5 Å². The lowest BCUT2D eigenvalue weighted by molar-refractivity contribution is -0.138. The van der Waals surface area contributed by atoms with Gasteiger partial charge < -0.3 is 14.2 Å². The highest BCUT2D eigenvalue weighted by molar-refractivity contribution is 6.10. The van der Waals surface area contributed by atoms with Gasteiger partial charge in [0.1, 0.15) is 6.61 Å². The molecule has 0 saturated carbocycles. The van der Waals surface area contributed by atoms with E-state index in [2.05, 4.69) is 0 Å². The fraction of sp³-hybridized carbons (Fsp3) is 0.120. The quantitative estimate of drug-likeness (QED) is 0.311. The zero-order valence-corrected chi connectivity index (χ0v) is 16.8. The first kappa shape index (κ1) is 20.9. The molecule has 152 valence electrons. The van der Waals surface area contributed by atoms with Crippen LogP contribution >= 0.6 is 0 Å². The molecule has 0 aliphatic carbocycles. The van der Waals surface area contributed by atoms with Gasteiger partial charge in [0.15, 0.2) is 17.3 Å². The number of carbonyl (C=O) groups is 2. The molecule has 0 aliphatic rings. The van der Waals surface area contributed by atoms with Crippen LogP contribution in [0.5, 0.6) is 11.5 Å². The van der Waals surface area contributed by atoms with Gasteiger partial charge in [-0.05, 0) is 29.8 Å². The van der Waals surface area contributed by atoms with Crippen LogP contribution in [-0.4, -0.2) is 26.0 Å². The van der Waals surface area contributed by atoms with E-state index in [9.17, 15) is 9.59 Å². The van der Waals surface area contributed by atoms with E-state index in [0.29, 0.717) is 28.2 Å². The largest absolute Gasteiger partial charge is 0.493 e. The molecule has 30 heavy (non-hydrogen) atoms.